The first kappa shape index (κ1) is 20.1. The van der Waals surface area contributed by atoms with E-state index in [4.69, 9.17) is 5.73 Å². The predicted octanol–water partition coefficient (Wildman–Crippen LogP) is 1.39. The molecule has 0 saturated carbocycles. The molecule has 7 heteroatoms. The Kier molecular flexibility index (Phi) is 7.38. The van der Waals surface area contributed by atoms with Gasteiger partial charge in [-0.25, -0.2) is 4.68 Å². The summed E-state index contributed by atoms with van der Waals surface area (Å²) in [6.07, 6.45) is 0.965. The molecule has 0 bridgehead atoms. The van der Waals surface area contributed by atoms with Crippen molar-refractivity contribution < 1.29 is 4.79 Å². The minimum absolute atomic E-state index is 0. The number of hydrogen-bond acceptors (Lipinski definition) is 4. The molecular weight excluding hydrogens is 328 g/mol. The van der Waals surface area contributed by atoms with Gasteiger partial charge in [0.25, 0.3) is 5.56 Å². The second-order valence-corrected chi connectivity index (χ2v) is 6.23. The summed E-state index contributed by atoms with van der Waals surface area (Å²) in [7, 11) is 1.59. The van der Waals surface area contributed by atoms with Gasteiger partial charge >= 0.3 is 0 Å². The van der Waals surface area contributed by atoms with Crippen LogP contribution in [0.4, 0.5) is 0 Å². The van der Waals surface area contributed by atoms with Gasteiger partial charge in [-0.05, 0) is 18.4 Å². The molecule has 0 spiro atoms. The molecule has 0 aliphatic heterocycles. The molecular formula is C17H25ClN4O2. The summed E-state index contributed by atoms with van der Waals surface area (Å²) < 4.78 is 1.28. The van der Waals surface area contributed by atoms with Crippen LogP contribution in [-0.2, 0) is 18.3 Å². The summed E-state index contributed by atoms with van der Waals surface area (Å²) in [5.41, 5.74) is 6.16. The number of carbonyl (C=O) groups is 1. The minimum Gasteiger partial charge on any atom is -0.352 e. The molecule has 0 fully saturated rings. The second kappa shape index (κ2) is 8.80. The molecule has 1 heterocycles. The third-order valence-electron chi connectivity index (χ3n) is 3.77. The zero-order chi connectivity index (χ0) is 17.0. The van der Waals surface area contributed by atoms with Crippen LogP contribution in [-0.4, -0.2) is 28.3 Å². The van der Waals surface area contributed by atoms with Crippen molar-refractivity contribution in [2.45, 2.75) is 32.7 Å². The fourth-order valence-electron chi connectivity index (χ4n) is 2.72. The van der Waals surface area contributed by atoms with Gasteiger partial charge in [0.2, 0.25) is 5.91 Å². The van der Waals surface area contributed by atoms with Crippen LogP contribution in [0.3, 0.4) is 0 Å². The number of aryl methyl sites for hydroxylation is 1. The molecule has 0 radical (unpaired) electrons. The highest BCUT2D eigenvalue weighted by molar-refractivity contribution is 5.88. The number of amides is 1. The maximum absolute atomic E-state index is 12.3. The smallest absolute Gasteiger partial charge is 0.274 e. The number of nitrogens with zero attached hydrogens (tertiary/aromatic N) is 2. The molecule has 1 amide bonds. The SMILES string of the molecule is CC(C)CC(CN)NC(=O)Cc1nn(C)c(=O)c2ccccc12.Cl. The number of nitrogens with one attached hydrogen (secondary N) is 1. The lowest BCUT2D eigenvalue weighted by atomic mass is 10.0. The fraction of sp³-hybridized carbons (Fsp3) is 0.471. The van der Waals surface area contributed by atoms with Crippen molar-refractivity contribution in [3.63, 3.8) is 0 Å². The number of benzene rings is 1. The Morgan fingerprint density at radius 3 is 2.50 bits per heavy atom. The van der Waals surface area contributed by atoms with Gasteiger partial charge in [0.15, 0.2) is 0 Å². The van der Waals surface area contributed by atoms with Crippen LogP contribution in [0.15, 0.2) is 29.1 Å². The van der Waals surface area contributed by atoms with Crippen LogP contribution in [0.2, 0.25) is 0 Å². The first-order valence-corrected chi connectivity index (χ1v) is 7.86. The molecule has 1 atom stereocenters. The van der Waals surface area contributed by atoms with E-state index in [2.05, 4.69) is 24.3 Å². The number of hydrogen-bond donors (Lipinski definition) is 2. The first-order chi connectivity index (χ1) is 10.9. The van der Waals surface area contributed by atoms with Gasteiger partial charge in [0.1, 0.15) is 0 Å². The summed E-state index contributed by atoms with van der Waals surface area (Å²) in [5, 5.41) is 8.50. The average Bonchev–Trinajstić information content (AvgIpc) is 2.51. The Morgan fingerprint density at radius 2 is 1.92 bits per heavy atom. The quantitative estimate of drug-likeness (QED) is 0.822. The van der Waals surface area contributed by atoms with Crippen molar-refractivity contribution in [2.75, 3.05) is 6.54 Å². The highest BCUT2D eigenvalue weighted by atomic mass is 35.5. The van der Waals surface area contributed by atoms with Crippen LogP contribution >= 0.6 is 12.4 Å². The fourth-order valence-corrected chi connectivity index (χ4v) is 2.72. The van der Waals surface area contributed by atoms with Crippen molar-refractivity contribution >= 4 is 29.1 Å². The Morgan fingerprint density at radius 1 is 1.29 bits per heavy atom. The molecule has 6 nitrogen and oxygen atoms in total. The van der Waals surface area contributed by atoms with Crippen LogP contribution < -0.4 is 16.6 Å². The normalized spacial score (nSPS) is 12.0. The number of carbonyl (C=O) groups excluding carboxylic acids is 1. The van der Waals surface area contributed by atoms with E-state index in [1.54, 1.807) is 19.2 Å². The largest absolute Gasteiger partial charge is 0.352 e. The van der Waals surface area contributed by atoms with Crippen LogP contribution in [0, 0.1) is 5.92 Å². The lowest BCUT2D eigenvalue weighted by molar-refractivity contribution is -0.121. The average molecular weight is 353 g/mol. The van der Waals surface area contributed by atoms with E-state index in [0.29, 0.717) is 23.5 Å². The summed E-state index contributed by atoms with van der Waals surface area (Å²) in [4.78, 5) is 24.4. The molecule has 2 rings (SSSR count). The van der Waals surface area contributed by atoms with E-state index in [1.807, 2.05) is 12.1 Å². The molecule has 0 aliphatic carbocycles. The molecule has 1 aromatic heterocycles. The molecule has 0 saturated heterocycles. The highest BCUT2D eigenvalue weighted by Gasteiger charge is 2.16. The van der Waals surface area contributed by atoms with Crippen molar-refractivity contribution in [1.82, 2.24) is 15.1 Å². The van der Waals surface area contributed by atoms with Crippen molar-refractivity contribution in [2.24, 2.45) is 18.7 Å². The molecule has 24 heavy (non-hydrogen) atoms. The van der Waals surface area contributed by atoms with E-state index in [1.165, 1.54) is 4.68 Å². The number of aromatic nitrogens is 2. The van der Waals surface area contributed by atoms with Crippen molar-refractivity contribution in [3.8, 4) is 0 Å². The maximum atomic E-state index is 12.3. The third-order valence-corrected chi connectivity index (χ3v) is 3.77. The van der Waals surface area contributed by atoms with Gasteiger partial charge < -0.3 is 11.1 Å². The summed E-state index contributed by atoms with van der Waals surface area (Å²) in [6, 6.07) is 7.18. The van der Waals surface area contributed by atoms with Crippen LogP contribution in [0.25, 0.3) is 10.8 Å². The topological polar surface area (TPSA) is 90.0 Å². The summed E-state index contributed by atoms with van der Waals surface area (Å²) in [5.74, 6) is 0.331. The van der Waals surface area contributed by atoms with E-state index in [-0.39, 0.29) is 36.3 Å². The molecule has 3 N–H and O–H groups in total. The van der Waals surface area contributed by atoms with Crippen LogP contribution in [0.1, 0.15) is 26.0 Å². The third kappa shape index (κ3) is 4.79. The number of halogens is 1. The van der Waals surface area contributed by atoms with E-state index < -0.39 is 0 Å². The standard InChI is InChI=1S/C17H24N4O2.ClH/c1-11(2)8-12(10-18)19-16(22)9-15-13-6-4-5-7-14(13)17(23)21(3)20-15;/h4-7,11-12H,8-10,18H2,1-3H3,(H,19,22);1H. The van der Waals surface area contributed by atoms with Gasteiger partial charge in [-0.15, -0.1) is 12.4 Å². The molecule has 132 valence electrons. The minimum atomic E-state index is -0.163. The molecule has 1 aromatic carbocycles. The molecule has 2 aromatic rings. The first-order valence-electron chi connectivity index (χ1n) is 7.86. The zero-order valence-electron chi connectivity index (χ0n) is 14.3. The second-order valence-electron chi connectivity index (χ2n) is 6.23. The number of nitrogens with two attached hydrogens (primary N) is 1. The van der Waals surface area contributed by atoms with Gasteiger partial charge in [-0.1, -0.05) is 32.0 Å². The highest BCUT2D eigenvalue weighted by Crippen LogP contribution is 2.13. The van der Waals surface area contributed by atoms with E-state index in [9.17, 15) is 9.59 Å². The Bertz CT molecular complexity index is 758. The number of fused-ring (bicyclic) bond motifs is 1. The Labute approximate surface area is 147 Å². The summed E-state index contributed by atoms with van der Waals surface area (Å²) >= 11 is 0. The lowest BCUT2D eigenvalue weighted by Gasteiger charge is -2.19. The van der Waals surface area contributed by atoms with Crippen molar-refractivity contribution in [1.29, 1.82) is 0 Å². The van der Waals surface area contributed by atoms with Crippen LogP contribution in [0.5, 0.6) is 0 Å². The van der Waals surface area contributed by atoms with Gasteiger partial charge in [-0.3, -0.25) is 9.59 Å². The Balaban J connectivity index is 0.00000288. The lowest BCUT2D eigenvalue weighted by Crippen LogP contribution is -2.42. The van der Waals surface area contributed by atoms with Crippen molar-refractivity contribution in [3.05, 3.63) is 40.3 Å². The van der Waals surface area contributed by atoms with Gasteiger partial charge in [0.05, 0.1) is 17.5 Å². The van der Waals surface area contributed by atoms with Gasteiger partial charge in [0, 0.05) is 25.0 Å². The Hall–Kier alpha value is -1.92. The number of rotatable bonds is 6. The molecule has 0 aliphatic rings. The van der Waals surface area contributed by atoms with E-state index >= 15 is 0 Å². The zero-order valence-corrected chi connectivity index (χ0v) is 15.1. The maximum Gasteiger partial charge on any atom is 0.274 e. The predicted molar refractivity (Wildman–Crippen MR) is 98.4 cm³/mol. The monoisotopic (exact) mass is 352 g/mol. The molecule has 1 unspecified atom stereocenters. The van der Waals surface area contributed by atoms with E-state index in [0.717, 1.165) is 11.8 Å². The summed E-state index contributed by atoms with van der Waals surface area (Å²) in [6.45, 7) is 4.60. The van der Waals surface area contributed by atoms with Gasteiger partial charge in [-0.2, -0.15) is 5.10 Å².